The Morgan fingerprint density at radius 3 is 2.22 bits per heavy atom. The van der Waals surface area contributed by atoms with Crippen molar-refractivity contribution < 1.29 is 23.3 Å². The Morgan fingerprint density at radius 2 is 1.57 bits per heavy atom. The molecule has 1 N–H and O–H groups in total. The highest BCUT2D eigenvalue weighted by Crippen LogP contribution is 2.37. The van der Waals surface area contributed by atoms with Gasteiger partial charge in [-0.3, -0.25) is 0 Å². The fraction of sp³-hybridized carbons (Fsp3) is 0.641. The largest absolute Gasteiger partial charge is 0.487 e. The summed E-state index contributed by atoms with van der Waals surface area (Å²) in [5.74, 6) is 1.34. The fourth-order valence-corrected chi connectivity index (χ4v) is 6.67. The van der Waals surface area contributed by atoms with Crippen molar-refractivity contribution in [2.24, 2.45) is 0 Å². The van der Waals surface area contributed by atoms with Crippen LogP contribution in [0.15, 0.2) is 36.7 Å². The van der Waals surface area contributed by atoms with E-state index < -0.39 is 5.82 Å². The van der Waals surface area contributed by atoms with Crippen molar-refractivity contribution in [1.82, 2.24) is 14.9 Å². The highest BCUT2D eigenvalue weighted by molar-refractivity contribution is 6.31. The summed E-state index contributed by atoms with van der Waals surface area (Å²) < 4.78 is 37.6. The lowest BCUT2D eigenvalue weighted by molar-refractivity contribution is 0.0313. The van der Waals surface area contributed by atoms with Gasteiger partial charge in [-0.25, -0.2) is 14.4 Å². The van der Waals surface area contributed by atoms with E-state index in [1.165, 1.54) is 95.5 Å². The van der Waals surface area contributed by atoms with Crippen LogP contribution in [0.25, 0.3) is 10.9 Å². The van der Waals surface area contributed by atoms with Gasteiger partial charge in [0.25, 0.3) is 0 Å². The molecule has 2 aromatic carbocycles. The number of nitrogens with one attached hydrogen (secondary N) is 1. The molecule has 0 radical (unpaired) electrons. The first-order valence-electron chi connectivity index (χ1n) is 18.5. The van der Waals surface area contributed by atoms with Crippen LogP contribution in [-0.4, -0.2) is 74.1 Å². The molecule has 1 aliphatic heterocycles. The number of anilines is 2. The van der Waals surface area contributed by atoms with E-state index in [0.29, 0.717) is 41.7 Å². The lowest BCUT2D eigenvalue weighted by atomic mass is 10.0. The topological polar surface area (TPSA) is 78.0 Å². The van der Waals surface area contributed by atoms with Crippen molar-refractivity contribution in [1.29, 1.82) is 0 Å². The van der Waals surface area contributed by atoms with Crippen LogP contribution in [0.5, 0.6) is 11.5 Å². The number of methoxy groups -OCH3 is 2. The standard InChI is InChI=1S/C39H58ClFN4O4/c1-4-5-6-7-8-9-10-11-12-13-14-15-16-32(47-3)28-45-21-19-31(20-22-45)49-38-26-33-36(27-37(38)48-24-23-46-2)42-29-43-39(33)44-30-17-18-35(41)34(40)25-30/h17-18,25-27,29,31-32H,4-16,19-24,28H2,1-3H3,(H,42,43,44). The average Bonchev–Trinajstić information content (AvgIpc) is 3.11. The monoisotopic (exact) mass is 700 g/mol. The number of likely N-dealkylation sites (tertiary alicyclic amines) is 1. The Morgan fingerprint density at radius 1 is 0.878 bits per heavy atom. The Labute approximate surface area is 298 Å². The van der Waals surface area contributed by atoms with Gasteiger partial charge in [-0.15, -0.1) is 0 Å². The average molecular weight is 701 g/mol. The molecule has 1 atom stereocenters. The molecule has 1 aromatic heterocycles. The third kappa shape index (κ3) is 13.5. The number of fused-ring (bicyclic) bond motifs is 1. The maximum atomic E-state index is 13.8. The first kappa shape index (κ1) is 39.1. The molecule has 0 amide bonds. The summed E-state index contributed by atoms with van der Waals surface area (Å²) in [4.78, 5) is 11.4. The van der Waals surface area contributed by atoms with Crippen LogP contribution >= 0.6 is 11.6 Å². The van der Waals surface area contributed by atoms with Crippen molar-refractivity contribution in [2.45, 2.75) is 115 Å². The van der Waals surface area contributed by atoms with Crippen LogP contribution in [-0.2, 0) is 9.47 Å². The number of hydrogen-bond acceptors (Lipinski definition) is 8. The van der Waals surface area contributed by atoms with Crippen molar-refractivity contribution in [3.8, 4) is 11.5 Å². The smallest absolute Gasteiger partial charge is 0.163 e. The van der Waals surface area contributed by atoms with E-state index in [9.17, 15) is 4.39 Å². The van der Waals surface area contributed by atoms with E-state index in [0.717, 1.165) is 44.3 Å². The number of benzene rings is 2. The van der Waals surface area contributed by atoms with Crippen LogP contribution in [0, 0.1) is 5.82 Å². The third-order valence-corrected chi connectivity index (χ3v) is 9.72. The van der Waals surface area contributed by atoms with Crippen LogP contribution in [0.1, 0.15) is 103 Å². The van der Waals surface area contributed by atoms with Gasteiger partial charge in [0.2, 0.25) is 0 Å². The number of nitrogens with zero attached hydrogens (tertiary/aromatic N) is 3. The predicted octanol–water partition coefficient (Wildman–Crippen LogP) is 10.1. The van der Waals surface area contributed by atoms with E-state index in [1.807, 2.05) is 19.2 Å². The quantitative estimate of drug-likeness (QED) is 0.0926. The molecule has 1 fully saturated rings. The Balaban J connectivity index is 1.25. The van der Waals surface area contributed by atoms with Gasteiger partial charge in [0, 0.05) is 51.0 Å². The highest BCUT2D eigenvalue weighted by atomic mass is 35.5. The predicted molar refractivity (Wildman–Crippen MR) is 198 cm³/mol. The van der Waals surface area contributed by atoms with E-state index >= 15 is 0 Å². The summed E-state index contributed by atoms with van der Waals surface area (Å²) >= 11 is 6.02. The Bertz CT molecular complexity index is 1370. The van der Waals surface area contributed by atoms with E-state index in [2.05, 4.69) is 27.1 Å². The van der Waals surface area contributed by atoms with Gasteiger partial charge in [-0.1, -0.05) is 95.6 Å². The molecule has 10 heteroatoms. The fourth-order valence-electron chi connectivity index (χ4n) is 6.49. The van der Waals surface area contributed by atoms with Crippen LogP contribution in [0.2, 0.25) is 5.02 Å². The van der Waals surface area contributed by atoms with Gasteiger partial charge in [-0.2, -0.15) is 0 Å². The third-order valence-electron chi connectivity index (χ3n) is 9.43. The SMILES string of the molecule is CCCCCCCCCCCCCCC(CN1CCC(Oc2cc3c(Nc4ccc(F)c(Cl)c4)ncnc3cc2OCCOC)CC1)OC. The van der Waals surface area contributed by atoms with Crippen LogP contribution in [0.4, 0.5) is 15.9 Å². The molecule has 0 aliphatic carbocycles. The number of unbranched alkanes of at least 4 members (excludes halogenated alkanes) is 11. The summed E-state index contributed by atoms with van der Waals surface area (Å²) in [7, 11) is 3.50. The first-order chi connectivity index (χ1) is 24.0. The van der Waals surface area contributed by atoms with E-state index in [4.69, 9.17) is 30.5 Å². The zero-order valence-electron chi connectivity index (χ0n) is 30.0. The molecule has 2 heterocycles. The van der Waals surface area contributed by atoms with Gasteiger partial charge in [-0.05, 0) is 43.5 Å². The van der Waals surface area contributed by atoms with Crippen molar-refractivity contribution in [3.63, 3.8) is 0 Å². The zero-order chi connectivity index (χ0) is 34.7. The van der Waals surface area contributed by atoms with Gasteiger partial charge in [0.05, 0.1) is 23.3 Å². The summed E-state index contributed by atoms with van der Waals surface area (Å²) in [6.45, 7) is 6.00. The zero-order valence-corrected chi connectivity index (χ0v) is 30.7. The molecule has 0 spiro atoms. The maximum absolute atomic E-state index is 13.8. The second-order valence-corrected chi connectivity index (χ2v) is 13.7. The molecule has 8 nitrogen and oxygen atoms in total. The highest BCUT2D eigenvalue weighted by Gasteiger charge is 2.24. The van der Waals surface area contributed by atoms with Crippen molar-refractivity contribution >= 4 is 34.0 Å². The molecule has 1 unspecified atom stereocenters. The number of piperidine rings is 1. The van der Waals surface area contributed by atoms with Gasteiger partial charge < -0.3 is 29.2 Å². The lowest BCUT2D eigenvalue weighted by Gasteiger charge is -2.34. The minimum atomic E-state index is -0.475. The second kappa shape index (κ2) is 22.2. The summed E-state index contributed by atoms with van der Waals surface area (Å²) in [5, 5.41) is 4.04. The lowest BCUT2D eigenvalue weighted by Crippen LogP contribution is -2.42. The molecule has 272 valence electrons. The molecule has 1 aliphatic rings. The minimum absolute atomic E-state index is 0.0359. The number of hydrogen-bond donors (Lipinski definition) is 1. The number of halogens is 2. The second-order valence-electron chi connectivity index (χ2n) is 13.3. The van der Waals surface area contributed by atoms with Crippen molar-refractivity contribution in [3.05, 3.63) is 47.5 Å². The minimum Gasteiger partial charge on any atom is -0.487 e. The van der Waals surface area contributed by atoms with Crippen LogP contribution < -0.4 is 14.8 Å². The summed E-state index contributed by atoms with van der Waals surface area (Å²) in [6, 6.07) is 8.27. The van der Waals surface area contributed by atoms with Gasteiger partial charge in [0.1, 0.15) is 30.7 Å². The van der Waals surface area contributed by atoms with E-state index in [-0.39, 0.29) is 17.2 Å². The molecular weight excluding hydrogens is 643 g/mol. The molecule has 1 saturated heterocycles. The normalized spacial score (nSPS) is 14.7. The summed E-state index contributed by atoms with van der Waals surface area (Å²) in [5.41, 5.74) is 1.31. The van der Waals surface area contributed by atoms with Gasteiger partial charge >= 0.3 is 0 Å². The molecule has 3 aromatic rings. The maximum Gasteiger partial charge on any atom is 0.163 e. The van der Waals surface area contributed by atoms with Crippen molar-refractivity contribution in [2.75, 3.05) is 52.4 Å². The molecule has 4 rings (SSSR count). The molecule has 49 heavy (non-hydrogen) atoms. The first-order valence-corrected chi connectivity index (χ1v) is 18.9. The Kier molecular flexibility index (Phi) is 17.7. The molecular formula is C39H58ClFN4O4. The summed E-state index contributed by atoms with van der Waals surface area (Å²) in [6.07, 6.45) is 21.1. The Hall–Kier alpha value is -2.72. The number of ether oxygens (including phenoxy) is 4. The van der Waals surface area contributed by atoms with Gasteiger partial charge in [0.15, 0.2) is 11.5 Å². The molecule has 0 saturated carbocycles. The number of rotatable bonds is 24. The molecule has 0 bridgehead atoms. The van der Waals surface area contributed by atoms with Crippen LogP contribution in [0.3, 0.4) is 0 Å². The van der Waals surface area contributed by atoms with E-state index in [1.54, 1.807) is 13.2 Å². The number of aromatic nitrogens is 2.